The molecule has 0 bridgehead atoms. The SMILES string of the molecule is C=C/C=C\C(=C/C)[C@@H](C)N1C[C@@](C)(C(=O)OC(C)(C)C)C(=C)C1=O. The van der Waals surface area contributed by atoms with Gasteiger partial charge in [-0.1, -0.05) is 37.5 Å². The third-order valence-electron chi connectivity index (χ3n) is 4.23. The van der Waals surface area contributed by atoms with Crippen molar-refractivity contribution in [1.29, 1.82) is 0 Å². The lowest BCUT2D eigenvalue weighted by Crippen LogP contribution is -2.40. The molecule has 4 heteroatoms. The highest BCUT2D eigenvalue weighted by atomic mass is 16.6. The van der Waals surface area contributed by atoms with Gasteiger partial charge in [0.2, 0.25) is 0 Å². The van der Waals surface area contributed by atoms with E-state index in [4.69, 9.17) is 4.74 Å². The average molecular weight is 331 g/mol. The van der Waals surface area contributed by atoms with E-state index in [1.807, 2.05) is 52.8 Å². The molecule has 1 fully saturated rings. The number of ether oxygens (including phenoxy) is 1. The fourth-order valence-corrected chi connectivity index (χ4v) is 2.64. The first kappa shape index (κ1) is 19.9. The minimum atomic E-state index is -1.03. The lowest BCUT2D eigenvalue weighted by atomic mass is 9.85. The number of esters is 1. The van der Waals surface area contributed by atoms with Crippen molar-refractivity contribution in [3.63, 3.8) is 0 Å². The van der Waals surface area contributed by atoms with Gasteiger partial charge in [0.25, 0.3) is 5.91 Å². The molecule has 4 nitrogen and oxygen atoms in total. The number of amides is 1. The van der Waals surface area contributed by atoms with Crippen molar-refractivity contribution in [1.82, 2.24) is 4.90 Å². The highest BCUT2D eigenvalue weighted by Crippen LogP contribution is 2.39. The summed E-state index contributed by atoms with van der Waals surface area (Å²) in [5, 5.41) is 0. The summed E-state index contributed by atoms with van der Waals surface area (Å²) in [7, 11) is 0. The summed E-state index contributed by atoms with van der Waals surface area (Å²) in [6, 6.07) is -0.167. The van der Waals surface area contributed by atoms with Crippen LogP contribution in [0.25, 0.3) is 0 Å². The predicted octanol–water partition coefficient (Wildman–Crippen LogP) is 3.81. The lowest BCUT2D eigenvalue weighted by Gasteiger charge is -2.30. The molecule has 24 heavy (non-hydrogen) atoms. The average Bonchev–Trinajstić information content (AvgIpc) is 2.72. The second-order valence-electron chi connectivity index (χ2n) is 7.31. The highest BCUT2D eigenvalue weighted by Gasteiger charge is 2.51. The van der Waals surface area contributed by atoms with Crippen molar-refractivity contribution in [2.45, 2.75) is 53.2 Å². The lowest BCUT2D eigenvalue weighted by molar-refractivity contribution is -0.163. The molecule has 1 amide bonds. The molecule has 0 radical (unpaired) electrons. The summed E-state index contributed by atoms with van der Waals surface area (Å²) in [5.74, 6) is -0.617. The molecule has 0 spiro atoms. The normalized spacial score (nSPS) is 23.8. The minimum Gasteiger partial charge on any atom is -0.459 e. The number of hydrogen-bond acceptors (Lipinski definition) is 3. The van der Waals surface area contributed by atoms with Gasteiger partial charge < -0.3 is 9.64 Å². The van der Waals surface area contributed by atoms with Crippen molar-refractivity contribution < 1.29 is 14.3 Å². The highest BCUT2D eigenvalue weighted by molar-refractivity contribution is 6.04. The smallest absolute Gasteiger partial charge is 0.318 e. The van der Waals surface area contributed by atoms with Crippen LogP contribution in [0.2, 0.25) is 0 Å². The second kappa shape index (κ2) is 7.20. The number of hydrogen-bond donors (Lipinski definition) is 0. The summed E-state index contributed by atoms with van der Waals surface area (Å²) in [6.07, 6.45) is 7.38. The predicted molar refractivity (Wildman–Crippen MR) is 97.4 cm³/mol. The standard InChI is InChI=1S/C20H29NO3/c1-9-11-12-16(10-2)15(4)21-13-20(8,14(3)17(21)22)18(23)24-19(5,6)7/h9-12,15H,1,3,13H2,2,4-8H3/b12-11-,16-10+/t15-,20-/m1/s1. The van der Waals surface area contributed by atoms with Crippen molar-refractivity contribution in [3.05, 3.63) is 48.6 Å². The number of nitrogens with zero attached hydrogens (tertiary/aromatic N) is 1. The molecular formula is C20H29NO3. The van der Waals surface area contributed by atoms with Gasteiger partial charge in [-0.15, -0.1) is 0 Å². The molecule has 0 aromatic carbocycles. The summed E-state index contributed by atoms with van der Waals surface area (Å²) in [4.78, 5) is 27.0. The van der Waals surface area contributed by atoms with E-state index >= 15 is 0 Å². The van der Waals surface area contributed by atoms with Crippen LogP contribution in [0.4, 0.5) is 0 Å². The molecule has 0 N–H and O–H groups in total. The maximum atomic E-state index is 12.7. The van der Waals surface area contributed by atoms with E-state index in [9.17, 15) is 9.59 Å². The van der Waals surface area contributed by atoms with Gasteiger partial charge in [-0.2, -0.15) is 0 Å². The first-order valence-electron chi connectivity index (χ1n) is 8.17. The van der Waals surface area contributed by atoms with Gasteiger partial charge >= 0.3 is 5.97 Å². The largest absolute Gasteiger partial charge is 0.459 e. The Hall–Kier alpha value is -2.10. The van der Waals surface area contributed by atoms with Gasteiger partial charge in [0, 0.05) is 12.1 Å². The molecule has 0 aliphatic carbocycles. The maximum Gasteiger partial charge on any atom is 0.318 e. The Morgan fingerprint density at radius 1 is 1.42 bits per heavy atom. The van der Waals surface area contributed by atoms with Crippen LogP contribution >= 0.6 is 0 Å². The third-order valence-corrected chi connectivity index (χ3v) is 4.23. The summed E-state index contributed by atoms with van der Waals surface area (Å²) < 4.78 is 5.50. The zero-order valence-electron chi connectivity index (χ0n) is 15.7. The zero-order chi connectivity index (χ0) is 18.7. The topological polar surface area (TPSA) is 46.6 Å². The molecule has 0 aromatic rings. The molecule has 1 aliphatic rings. The molecule has 1 rings (SSSR count). The van der Waals surface area contributed by atoms with E-state index in [1.54, 1.807) is 17.9 Å². The van der Waals surface area contributed by atoms with Gasteiger partial charge in [0.1, 0.15) is 11.0 Å². The first-order chi connectivity index (χ1) is 11.0. The fourth-order valence-electron chi connectivity index (χ4n) is 2.64. The van der Waals surface area contributed by atoms with Crippen molar-refractivity contribution in [2.24, 2.45) is 5.41 Å². The van der Waals surface area contributed by atoms with Crippen molar-refractivity contribution in [3.8, 4) is 0 Å². The molecule has 0 unspecified atom stereocenters. The van der Waals surface area contributed by atoms with Crippen molar-refractivity contribution in [2.75, 3.05) is 6.54 Å². The molecule has 0 aromatic heterocycles. The summed E-state index contributed by atoms with van der Waals surface area (Å²) >= 11 is 0. The maximum absolute atomic E-state index is 12.7. The van der Waals surface area contributed by atoms with Crippen LogP contribution in [0.1, 0.15) is 41.5 Å². The van der Waals surface area contributed by atoms with E-state index in [0.29, 0.717) is 0 Å². The van der Waals surface area contributed by atoms with Gasteiger partial charge in [-0.05, 0) is 47.1 Å². The summed E-state index contributed by atoms with van der Waals surface area (Å²) in [5.41, 5.74) is -0.375. The summed E-state index contributed by atoms with van der Waals surface area (Å²) in [6.45, 7) is 18.8. The monoisotopic (exact) mass is 331 g/mol. The number of allylic oxidation sites excluding steroid dienone is 3. The Bertz CT molecular complexity index is 607. The fraction of sp³-hybridized carbons (Fsp3) is 0.500. The van der Waals surface area contributed by atoms with E-state index in [0.717, 1.165) is 5.57 Å². The Labute approximate surface area is 145 Å². The molecule has 0 saturated carbocycles. The van der Waals surface area contributed by atoms with Crippen LogP contribution in [0.5, 0.6) is 0 Å². The van der Waals surface area contributed by atoms with E-state index in [1.165, 1.54) is 0 Å². The van der Waals surface area contributed by atoms with Crippen LogP contribution in [0.3, 0.4) is 0 Å². The molecule has 1 saturated heterocycles. The number of carbonyl (C=O) groups is 2. The Kier molecular flexibility index (Phi) is 5.99. The minimum absolute atomic E-state index is 0.167. The van der Waals surface area contributed by atoms with Crippen LogP contribution in [0.15, 0.2) is 48.6 Å². The van der Waals surface area contributed by atoms with Crippen molar-refractivity contribution >= 4 is 11.9 Å². The third kappa shape index (κ3) is 4.05. The van der Waals surface area contributed by atoms with Gasteiger partial charge in [0.05, 0.1) is 6.04 Å². The van der Waals surface area contributed by atoms with Crippen LogP contribution in [0, 0.1) is 5.41 Å². The van der Waals surface area contributed by atoms with Crippen LogP contribution in [-0.4, -0.2) is 35.0 Å². The second-order valence-corrected chi connectivity index (χ2v) is 7.31. The Morgan fingerprint density at radius 3 is 2.46 bits per heavy atom. The zero-order valence-corrected chi connectivity index (χ0v) is 15.7. The molecule has 1 heterocycles. The van der Waals surface area contributed by atoms with Crippen LogP contribution < -0.4 is 0 Å². The molecular weight excluding hydrogens is 302 g/mol. The van der Waals surface area contributed by atoms with Gasteiger partial charge in [-0.25, -0.2) is 0 Å². The van der Waals surface area contributed by atoms with E-state index in [-0.39, 0.29) is 24.1 Å². The van der Waals surface area contributed by atoms with Gasteiger partial charge in [-0.3, -0.25) is 9.59 Å². The number of carbonyl (C=O) groups excluding carboxylic acids is 2. The Balaban J connectivity index is 3.09. The number of rotatable bonds is 5. The molecule has 132 valence electrons. The van der Waals surface area contributed by atoms with Gasteiger partial charge in [0.15, 0.2) is 0 Å². The molecule has 2 atom stereocenters. The first-order valence-corrected chi connectivity index (χ1v) is 8.17. The molecule has 1 aliphatic heterocycles. The van der Waals surface area contributed by atoms with E-state index in [2.05, 4.69) is 13.2 Å². The number of likely N-dealkylation sites (tertiary alicyclic amines) is 1. The van der Waals surface area contributed by atoms with Crippen LogP contribution in [-0.2, 0) is 14.3 Å². The Morgan fingerprint density at radius 2 is 2.00 bits per heavy atom. The quantitative estimate of drug-likeness (QED) is 0.437. The van der Waals surface area contributed by atoms with E-state index < -0.39 is 17.0 Å².